The SMILES string of the molecule is COc1ccc2c(c1)[C@@H](NC(=O)Nc1cnns1)CC(C)(C)O2. The van der Waals surface area contributed by atoms with E-state index in [0.717, 1.165) is 28.6 Å². The molecule has 1 aliphatic rings. The zero-order valence-electron chi connectivity index (χ0n) is 13.1. The Kier molecular flexibility index (Phi) is 4.08. The van der Waals surface area contributed by atoms with Crippen LogP contribution in [0, 0.1) is 0 Å². The van der Waals surface area contributed by atoms with Crippen LogP contribution < -0.4 is 20.1 Å². The Hall–Kier alpha value is -2.35. The summed E-state index contributed by atoms with van der Waals surface area (Å²) in [5.41, 5.74) is 0.534. The number of rotatable bonds is 3. The first-order chi connectivity index (χ1) is 11.0. The molecule has 1 aliphatic heterocycles. The van der Waals surface area contributed by atoms with Gasteiger partial charge in [-0.25, -0.2) is 4.79 Å². The van der Waals surface area contributed by atoms with Crippen LogP contribution in [0.25, 0.3) is 0 Å². The van der Waals surface area contributed by atoms with Crippen molar-refractivity contribution >= 4 is 22.6 Å². The summed E-state index contributed by atoms with van der Waals surface area (Å²) >= 11 is 1.13. The molecule has 1 aromatic carbocycles. The smallest absolute Gasteiger partial charge is 0.320 e. The Balaban J connectivity index is 1.82. The number of hydrogen-bond donors (Lipinski definition) is 2. The monoisotopic (exact) mass is 334 g/mol. The molecule has 2 heterocycles. The fourth-order valence-corrected chi connectivity index (χ4v) is 3.03. The van der Waals surface area contributed by atoms with E-state index in [2.05, 4.69) is 20.2 Å². The molecule has 1 aromatic heterocycles. The number of nitrogens with zero attached hydrogens (tertiary/aromatic N) is 2. The van der Waals surface area contributed by atoms with Crippen LogP contribution in [0.1, 0.15) is 31.9 Å². The van der Waals surface area contributed by atoms with Crippen LogP contribution in [-0.2, 0) is 0 Å². The molecule has 0 unspecified atom stereocenters. The van der Waals surface area contributed by atoms with E-state index >= 15 is 0 Å². The van der Waals surface area contributed by atoms with Crippen LogP contribution in [-0.4, -0.2) is 28.3 Å². The fourth-order valence-electron chi connectivity index (χ4n) is 2.62. The highest BCUT2D eigenvalue weighted by atomic mass is 32.1. The second-order valence-corrected chi connectivity index (χ2v) is 6.69. The van der Waals surface area contributed by atoms with Crippen molar-refractivity contribution in [1.82, 2.24) is 14.9 Å². The van der Waals surface area contributed by atoms with Gasteiger partial charge in [0.05, 0.1) is 19.3 Å². The van der Waals surface area contributed by atoms with Gasteiger partial charge in [0.25, 0.3) is 0 Å². The quantitative estimate of drug-likeness (QED) is 0.901. The van der Waals surface area contributed by atoms with Gasteiger partial charge in [-0.15, -0.1) is 5.10 Å². The maximum atomic E-state index is 12.2. The van der Waals surface area contributed by atoms with E-state index < -0.39 is 0 Å². The number of ether oxygens (including phenoxy) is 2. The number of nitrogens with one attached hydrogen (secondary N) is 2. The molecule has 0 fully saturated rings. The fraction of sp³-hybridized carbons (Fsp3) is 0.400. The van der Waals surface area contributed by atoms with Gasteiger partial charge < -0.3 is 14.8 Å². The molecule has 2 aromatic rings. The predicted molar refractivity (Wildman–Crippen MR) is 87.1 cm³/mol. The summed E-state index contributed by atoms with van der Waals surface area (Å²) < 4.78 is 15.0. The maximum Gasteiger partial charge on any atom is 0.320 e. The zero-order chi connectivity index (χ0) is 16.4. The van der Waals surface area contributed by atoms with Gasteiger partial charge in [-0.3, -0.25) is 5.32 Å². The average Bonchev–Trinajstić information content (AvgIpc) is 2.98. The third-order valence-electron chi connectivity index (χ3n) is 3.58. The molecule has 2 amide bonds. The third-order valence-corrected chi connectivity index (χ3v) is 4.16. The van der Waals surface area contributed by atoms with Gasteiger partial charge in [0, 0.05) is 23.5 Å². The highest BCUT2D eigenvalue weighted by molar-refractivity contribution is 7.10. The van der Waals surface area contributed by atoms with Gasteiger partial charge in [0.1, 0.15) is 22.1 Å². The molecule has 0 spiro atoms. The number of aromatic nitrogens is 2. The lowest BCUT2D eigenvalue weighted by Gasteiger charge is -2.38. The highest BCUT2D eigenvalue weighted by Crippen LogP contribution is 2.41. The van der Waals surface area contributed by atoms with Crippen molar-refractivity contribution in [3.63, 3.8) is 0 Å². The molecule has 0 aliphatic carbocycles. The van der Waals surface area contributed by atoms with Crippen LogP contribution in [0.3, 0.4) is 0 Å². The van der Waals surface area contributed by atoms with Gasteiger partial charge in [0.2, 0.25) is 0 Å². The topological polar surface area (TPSA) is 85.4 Å². The van der Waals surface area contributed by atoms with Gasteiger partial charge in [-0.05, 0) is 32.0 Å². The van der Waals surface area contributed by atoms with Crippen LogP contribution in [0.5, 0.6) is 11.5 Å². The zero-order valence-corrected chi connectivity index (χ0v) is 13.9. The number of methoxy groups -OCH3 is 1. The van der Waals surface area contributed by atoms with Crippen molar-refractivity contribution in [3.05, 3.63) is 30.0 Å². The van der Waals surface area contributed by atoms with Gasteiger partial charge in [-0.2, -0.15) is 0 Å². The standard InChI is InChI=1S/C15H18N4O3S/c1-15(2)7-11(17-14(20)18-13-8-16-19-23-13)10-6-9(21-3)4-5-12(10)22-15/h4-6,8,11H,7H2,1-3H3,(H2,17,18,20)/t11-/m0/s1. The highest BCUT2D eigenvalue weighted by Gasteiger charge is 2.34. The summed E-state index contributed by atoms with van der Waals surface area (Å²) in [5, 5.41) is 10.0. The van der Waals surface area contributed by atoms with E-state index in [4.69, 9.17) is 9.47 Å². The average molecular weight is 334 g/mol. The molecule has 0 saturated heterocycles. The van der Waals surface area contributed by atoms with Crippen molar-refractivity contribution in [1.29, 1.82) is 0 Å². The number of fused-ring (bicyclic) bond motifs is 1. The molecule has 1 atom stereocenters. The number of amides is 2. The largest absolute Gasteiger partial charge is 0.497 e. The number of carbonyl (C=O) groups is 1. The number of benzene rings is 1. The Labute approximate surface area is 138 Å². The van der Waals surface area contributed by atoms with E-state index in [1.807, 2.05) is 32.0 Å². The van der Waals surface area contributed by atoms with Crippen molar-refractivity contribution in [3.8, 4) is 11.5 Å². The van der Waals surface area contributed by atoms with E-state index in [1.165, 1.54) is 6.20 Å². The molecular weight excluding hydrogens is 316 g/mol. The lowest BCUT2D eigenvalue weighted by atomic mass is 9.89. The van der Waals surface area contributed by atoms with Gasteiger partial charge in [0.15, 0.2) is 0 Å². The summed E-state index contributed by atoms with van der Waals surface area (Å²) in [5.74, 6) is 1.48. The first-order valence-corrected chi connectivity index (χ1v) is 7.96. The molecule has 0 radical (unpaired) electrons. The Bertz CT molecular complexity index is 703. The van der Waals surface area contributed by atoms with E-state index in [9.17, 15) is 4.79 Å². The van der Waals surface area contributed by atoms with Crippen molar-refractivity contribution in [2.75, 3.05) is 12.4 Å². The van der Waals surface area contributed by atoms with E-state index in [-0.39, 0.29) is 17.7 Å². The number of anilines is 1. The Morgan fingerprint density at radius 3 is 3.00 bits per heavy atom. The summed E-state index contributed by atoms with van der Waals surface area (Å²) in [7, 11) is 1.61. The van der Waals surface area contributed by atoms with Crippen LogP contribution in [0.15, 0.2) is 24.4 Å². The second-order valence-electron chi connectivity index (χ2n) is 5.90. The van der Waals surface area contributed by atoms with Gasteiger partial charge >= 0.3 is 6.03 Å². The second kappa shape index (κ2) is 6.04. The van der Waals surface area contributed by atoms with Gasteiger partial charge in [-0.1, -0.05) is 4.49 Å². The predicted octanol–water partition coefficient (Wildman–Crippen LogP) is 2.97. The minimum Gasteiger partial charge on any atom is -0.497 e. The third kappa shape index (κ3) is 3.53. The molecule has 122 valence electrons. The van der Waals surface area contributed by atoms with Crippen LogP contribution >= 0.6 is 11.5 Å². The summed E-state index contributed by atoms with van der Waals surface area (Å²) in [6.07, 6.45) is 2.16. The first-order valence-electron chi connectivity index (χ1n) is 7.19. The summed E-state index contributed by atoms with van der Waals surface area (Å²) in [6, 6.07) is 5.14. The molecule has 7 nitrogen and oxygen atoms in total. The Morgan fingerprint density at radius 1 is 1.48 bits per heavy atom. The molecule has 3 rings (SSSR count). The normalized spacial score (nSPS) is 18.5. The lowest BCUT2D eigenvalue weighted by Crippen LogP contribution is -2.42. The number of urea groups is 1. The lowest BCUT2D eigenvalue weighted by molar-refractivity contribution is 0.0681. The van der Waals surface area contributed by atoms with Crippen molar-refractivity contribution < 1.29 is 14.3 Å². The summed E-state index contributed by atoms with van der Waals surface area (Å²) in [4.78, 5) is 12.2. The maximum absolute atomic E-state index is 12.2. The molecule has 8 heteroatoms. The molecule has 2 N–H and O–H groups in total. The number of carbonyl (C=O) groups excluding carboxylic acids is 1. The first kappa shape index (κ1) is 15.5. The molecule has 0 bridgehead atoms. The molecule has 23 heavy (non-hydrogen) atoms. The summed E-state index contributed by atoms with van der Waals surface area (Å²) in [6.45, 7) is 4.00. The minimum absolute atomic E-state index is 0.176. The van der Waals surface area contributed by atoms with Crippen LogP contribution in [0.4, 0.5) is 9.80 Å². The minimum atomic E-state index is -0.369. The Morgan fingerprint density at radius 2 is 2.30 bits per heavy atom. The number of hydrogen-bond acceptors (Lipinski definition) is 6. The van der Waals surface area contributed by atoms with Crippen LogP contribution in [0.2, 0.25) is 0 Å². The van der Waals surface area contributed by atoms with E-state index in [0.29, 0.717) is 11.4 Å². The van der Waals surface area contributed by atoms with Crippen molar-refractivity contribution in [2.24, 2.45) is 0 Å². The molecular formula is C15H18N4O3S. The van der Waals surface area contributed by atoms with E-state index in [1.54, 1.807) is 7.11 Å². The molecule has 0 saturated carbocycles. The van der Waals surface area contributed by atoms with Crippen molar-refractivity contribution in [2.45, 2.75) is 31.9 Å².